The zero-order valence-corrected chi connectivity index (χ0v) is 21.2. The first-order valence-electron chi connectivity index (χ1n) is 12.5. The van der Waals surface area contributed by atoms with E-state index in [0.29, 0.717) is 64.7 Å². The number of morpholine rings is 1. The van der Waals surface area contributed by atoms with Crippen LogP contribution in [0.15, 0.2) is 65.6 Å². The van der Waals surface area contributed by atoms with E-state index >= 15 is 0 Å². The Kier molecular flexibility index (Phi) is 7.48. The van der Waals surface area contributed by atoms with Crippen LogP contribution in [0.25, 0.3) is 0 Å². The molecule has 190 valence electrons. The Morgan fingerprint density at radius 1 is 0.833 bits per heavy atom. The summed E-state index contributed by atoms with van der Waals surface area (Å²) in [6.07, 6.45) is 1.09. The zero-order chi connectivity index (χ0) is 25.0. The summed E-state index contributed by atoms with van der Waals surface area (Å²) in [5.74, 6) is 0.420. The summed E-state index contributed by atoms with van der Waals surface area (Å²) in [6, 6.07) is 19.8. The molecule has 2 aromatic carbocycles. The molecule has 3 saturated heterocycles. The highest BCUT2D eigenvalue weighted by Crippen LogP contribution is 2.39. The van der Waals surface area contributed by atoms with Crippen LogP contribution >= 0.6 is 11.8 Å². The van der Waals surface area contributed by atoms with Crippen molar-refractivity contribution in [3.05, 3.63) is 60.7 Å². The van der Waals surface area contributed by atoms with Crippen molar-refractivity contribution in [2.24, 2.45) is 0 Å². The van der Waals surface area contributed by atoms with Crippen LogP contribution in [0.4, 0.5) is 5.69 Å². The van der Waals surface area contributed by atoms with Gasteiger partial charge in [0.05, 0.1) is 25.6 Å². The third kappa shape index (κ3) is 5.08. The molecular formula is C27H32N4O4S. The van der Waals surface area contributed by atoms with E-state index in [4.69, 9.17) is 4.74 Å². The molecule has 0 aromatic heterocycles. The first-order chi connectivity index (χ1) is 17.6. The number of carbonyl (C=O) groups is 3. The van der Waals surface area contributed by atoms with Crippen molar-refractivity contribution in [1.82, 2.24) is 14.7 Å². The fourth-order valence-electron chi connectivity index (χ4n) is 5.28. The van der Waals surface area contributed by atoms with E-state index in [0.717, 1.165) is 10.6 Å². The number of carbonyl (C=O) groups excluding carboxylic acids is 3. The number of nitrogens with zero attached hydrogens (tertiary/aromatic N) is 4. The van der Waals surface area contributed by atoms with Gasteiger partial charge in [-0.3, -0.25) is 14.4 Å². The zero-order valence-electron chi connectivity index (χ0n) is 20.4. The van der Waals surface area contributed by atoms with Gasteiger partial charge in [-0.15, -0.1) is 11.8 Å². The van der Waals surface area contributed by atoms with Gasteiger partial charge in [0.1, 0.15) is 12.1 Å². The second-order valence-electron chi connectivity index (χ2n) is 9.42. The van der Waals surface area contributed by atoms with Crippen molar-refractivity contribution in [2.45, 2.75) is 23.3 Å². The van der Waals surface area contributed by atoms with Gasteiger partial charge in [0.25, 0.3) is 5.91 Å². The number of rotatable bonds is 6. The van der Waals surface area contributed by atoms with Crippen molar-refractivity contribution >= 4 is 35.2 Å². The lowest BCUT2D eigenvalue weighted by Crippen LogP contribution is -2.57. The van der Waals surface area contributed by atoms with Crippen molar-refractivity contribution < 1.29 is 19.1 Å². The standard InChI is InChI=1S/C27H32N4O4S/c32-24(29-15-17-35-18-16-29)19-30-21-31(22-7-3-1-4-8-22)27(26(30)34)11-13-28(14-12-27)25(33)20-36-23-9-5-2-6-10-23/h1-10H,11-21H2. The SMILES string of the molecule is O=C(CSc1ccccc1)N1CCC2(CC1)C(=O)N(CC(=O)N1CCOCC1)CN2c1ccccc1. The van der Waals surface area contributed by atoms with Crippen molar-refractivity contribution in [2.75, 3.05) is 63.3 Å². The second kappa shape index (κ2) is 10.9. The summed E-state index contributed by atoms with van der Waals surface area (Å²) in [7, 11) is 0. The van der Waals surface area contributed by atoms with E-state index in [1.807, 2.05) is 65.6 Å². The fourth-order valence-corrected chi connectivity index (χ4v) is 6.10. The highest BCUT2D eigenvalue weighted by atomic mass is 32.2. The Morgan fingerprint density at radius 2 is 1.44 bits per heavy atom. The van der Waals surface area contributed by atoms with Gasteiger partial charge in [0, 0.05) is 36.8 Å². The van der Waals surface area contributed by atoms with Gasteiger partial charge in [-0.25, -0.2) is 0 Å². The maximum absolute atomic E-state index is 13.9. The molecule has 3 aliphatic rings. The third-order valence-corrected chi connectivity index (χ3v) is 8.32. The minimum absolute atomic E-state index is 0.0151. The molecule has 5 rings (SSSR count). The Morgan fingerprint density at radius 3 is 2.11 bits per heavy atom. The molecule has 36 heavy (non-hydrogen) atoms. The molecule has 0 saturated carbocycles. The number of thioether (sulfide) groups is 1. The van der Waals surface area contributed by atoms with E-state index in [2.05, 4.69) is 4.90 Å². The summed E-state index contributed by atoms with van der Waals surface area (Å²) in [5.41, 5.74) is 0.224. The topological polar surface area (TPSA) is 73.4 Å². The number of piperidine rings is 1. The molecule has 8 nitrogen and oxygen atoms in total. The highest BCUT2D eigenvalue weighted by molar-refractivity contribution is 8.00. The number of anilines is 1. The molecule has 9 heteroatoms. The molecule has 0 unspecified atom stereocenters. The predicted molar refractivity (Wildman–Crippen MR) is 139 cm³/mol. The van der Waals surface area contributed by atoms with Crippen molar-refractivity contribution in [3.63, 3.8) is 0 Å². The van der Waals surface area contributed by atoms with Crippen LogP contribution in [0.5, 0.6) is 0 Å². The molecule has 0 radical (unpaired) electrons. The van der Waals surface area contributed by atoms with E-state index < -0.39 is 5.54 Å². The van der Waals surface area contributed by atoms with Crippen molar-refractivity contribution in [3.8, 4) is 0 Å². The minimum atomic E-state index is -0.740. The quantitative estimate of drug-likeness (QED) is 0.558. The lowest BCUT2D eigenvalue weighted by Gasteiger charge is -2.43. The van der Waals surface area contributed by atoms with Gasteiger partial charge >= 0.3 is 0 Å². The molecule has 3 amide bonds. The number of benzene rings is 2. The van der Waals surface area contributed by atoms with Gasteiger partial charge in [-0.1, -0.05) is 36.4 Å². The number of ether oxygens (including phenoxy) is 1. The maximum Gasteiger partial charge on any atom is 0.250 e. The number of hydrogen-bond donors (Lipinski definition) is 0. The normalized spacial score (nSPS) is 19.7. The lowest BCUT2D eigenvalue weighted by molar-refractivity contribution is -0.143. The van der Waals surface area contributed by atoms with Crippen LogP contribution in [-0.2, 0) is 19.1 Å². The Hall–Kier alpha value is -3.04. The van der Waals surface area contributed by atoms with Crippen LogP contribution in [-0.4, -0.2) is 96.3 Å². The summed E-state index contributed by atoms with van der Waals surface area (Å²) < 4.78 is 5.36. The fraction of sp³-hybridized carbons (Fsp3) is 0.444. The second-order valence-corrected chi connectivity index (χ2v) is 10.5. The van der Waals surface area contributed by atoms with Crippen LogP contribution in [0, 0.1) is 0 Å². The summed E-state index contributed by atoms with van der Waals surface area (Å²) in [5, 5.41) is 0. The van der Waals surface area contributed by atoms with Crippen LogP contribution in [0.3, 0.4) is 0 Å². The molecule has 3 fully saturated rings. The van der Waals surface area contributed by atoms with Crippen LogP contribution in [0.2, 0.25) is 0 Å². The van der Waals surface area contributed by atoms with E-state index in [-0.39, 0.29) is 24.3 Å². The number of amides is 3. The molecule has 3 aliphatic heterocycles. The van der Waals surface area contributed by atoms with E-state index in [1.165, 1.54) is 11.8 Å². The number of para-hydroxylation sites is 1. The summed E-state index contributed by atoms with van der Waals surface area (Å²) >= 11 is 1.54. The van der Waals surface area contributed by atoms with Gasteiger partial charge in [-0.05, 0) is 37.1 Å². The van der Waals surface area contributed by atoms with Crippen LogP contribution < -0.4 is 4.90 Å². The first-order valence-corrected chi connectivity index (χ1v) is 13.5. The highest BCUT2D eigenvalue weighted by Gasteiger charge is 2.54. The van der Waals surface area contributed by atoms with Gasteiger partial charge in [0.2, 0.25) is 11.8 Å². The summed E-state index contributed by atoms with van der Waals surface area (Å²) in [6.45, 7) is 3.68. The molecule has 1 spiro atoms. The molecular weight excluding hydrogens is 476 g/mol. The average molecular weight is 509 g/mol. The smallest absolute Gasteiger partial charge is 0.250 e. The molecule has 0 bridgehead atoms. The monoisotopic (exact) mass is 508 g/mol. The molecule has 0 atom stereocenters. The largest absolute Gasteiger partial charge is 0.378 e. The first kappa shape index (κ1) is 24.6. The summed E-state index contributed by atoms with van der Waals surface area (Å²) in [4.78, 5) is 48.3. The molecule has 0 aliphatic carbocycles. The maximum atomic E-state index is 13.9. The number of hydrogen-bond acceptors (Lipinski definition) is 6. The Balaban J connectivity index is 1.27. The molecule has 2 aromatic rings. The lowest BCUT2D eigenvalue weighted by atomic mass is 9.85. The third-order valence-electron chi connectivity index (χ3n) is 7.32. The molecule has 3 heterocycles. The average Bonchev–Trinajstić information content (AvgIpc) is 3.19. The Labute approximate surface area is 216 Å². The van der Waals surface area contributed by atoms with Crippen LogP contribution in [0.1, 0.15) is 12.8 Å². The van der Waals surface area contributed by atoms with Gasteiger partial charge in [-0.2, -0.15) is 0 Å². The van der Waals surface area contributed by atoms with Gasteiger partial charge in [0.15, 0.2) is 0 Å². The molecule has 0 N–H and O–H groups in total. The predicted octanol–water partition coefficient (Wildman–Crippen LogP) is 2.31. The van der Waals surface area contributed by atoms with Gasteiger partial charge < -0.3 is 24.3 Å². The number of likely N-dealkylation sites (tertiary alicyclic amines) is 1. The minimum Gasteiger partial charge on any atom is -0.378 e. The van der Waals surface area contributed by atoms with Crippen molar-refractivity contribution in [1.29, 1.82) is 0 Å². The van der Waals surface area contributed by atoms with E-state index in [9.17, 15) is 14.4 Å². The van der Waals surface area contributed by atoms with E-state index in [1.54, 1.807) is 9.80 Å². The Bertz CT molecular complexity index is 1070.